The highest BCUT2D eigenvalue weighted by Gasteiger charge is 2.24. The summed E-state index contributed by atoms with van der Waals surface area (Å²) in [5.41, 5.74) is 5.79. The van der Waals surface area contributed by atoms with E-state index in [9.17, 15) is 4.79 Å². The molecule has 2 rings (SSSR count). The van der Waals surface area contributed by atoms with Crippen LogP contribution in [-0.4, -0.2) is 47.9 Å². The van der Waals surface area contributed by atoms with Crippen LogP contribution in [0.5, 0.6) is 0 Å². The molecule has 0 radical (unpaired) electrons. The zero-order valence-electron chi connectivity index (χ0n) is 11.1. The lowest BCUT2D eigenvalue weighted by Crippen LogP contribution is -2.52. The lowest BCUT2D eigenvalue weighted by Gasteiger charge is -2.35. The first-order valence-electron chi connectivity index (χ1n) is 6.61. The van der Waals surface area contributed by atoms with Gasteiger partial charge in [0.1, 0.15) is 0 Å². The Morgan fingerprint density at radius 2 is 2.11 bits per heavy atom. The number of amides is 1. The fourth-order valence-corrected chi connectivity index (χ4v) is 3.32. The number of nitrogens with zero attached hydrogens (tertiary/aromatic N) is 2. The Labute approximate surface area is 123 Å². The second-order valence-corrected chi connectivity index (χ2v) is 6.62. The summed E-state index contributed by atoms with van der Waals surface area (Å²) < 4.78 is 0.831. The van der Waals surface area contributed by atoms with E-state index in [0.29, 0.717) is 6.42 Å². The Morgan fingerprint density at radius 1 is 1.42 bits per heavy atom. The zero-order valence-corrected chi connectivity index (χ0v) is 12.7. The monoisotopic (exact) mass is 301 g/mol. The van der Waals surface area contributed by atoms with E-state index in [4.69, 9.17) is 17.3 Å². The Morgan fingerprint density at radius 3 is 2.63 bits per heavy atom. The van der Waals surface area contributed by atoms with Crippen molar-refractivity contribution in [1.82, 2.24) is 9.80 Å². The van der Waals surface area contributed by atoms with Crippen molar-refractivity contribution in [3.8, 4) is 0 Å². The molecule has 1 fully saturated rings. The summed E-state index contributed by atoms with van der Waals surface area (Å²) in [5.74, 6) is 0.0846. The van der Waals surface area contributed by atoms with Gasteiger partial charge in [0.15, 0.2) is 0 Å². The Balaban J connectivity index is 1.81. The molecule has 1 amide bonds. The van der Waals surface area contributed by atoms with Gasteiger partial charge in [0, 0.05) is 37.6 Å². The van der Waals surface area contributed by atoms with Crippen LogP contribution in [0.3, 0.4) is 0 Å². The van der Waals surface area contributed by atoms with Crippen LogP contribution in [0.4, 0.5) is 0 Å². The van der Waals surface area contributed by atoms with Crippen LogP contribution in [-0.2, 0) is 11.3 Å². The van der Waals surface area contributed by atoms with Gasteiger partial charge in [-0.05, 0) is 18.6 Å². The SMILES string of the molecule is CC[C@@H](N)C(=O)N1CCN(Cc2ccc(Cl)s2)CC1. The molecule has 0 spiro atoms. The molecule has 1 aliphatic rings. The maximum absolute atomic E-state index is 12.0. The molecule has 1 aromatic heterocycles. The molecule has 2 N–H and O–H groups in total. The van der Waals surface area contributed by atoms with Crippen molar-refractivity contribution in [2.24, 2.45) is 5.73 Å². The normalized spacial score (nSPS) is 18.6. The van der Waals surface area contributed by atoms with Crippen molar-refractivity contribution < 1.29 is 4.79 Å². The van der Waals surface area contributed by atoms with Gasteiger partial charge in [-0.15, -0.1) is 11.3 Å². The van der Waals surface area contributed by atoms with Crippen LogP contribution in [0.1, 0.15) is 18.2 Å². The minimum atomic E-state index is -0.345. The predicted octanol–water partition coefficient (Wildman–Crippen LogP) is 1.78. The fraction of sp³-hybridized carbons (Fsp3) is 0.615. The molecule has 4 nitrogen and oxygen atoms in total. The predicted molar refractivity (Wildman–Crippen MR) is 79.5 cm³/mol. The highest BCUT2D eigenvalue weighted by Crippen LogP contribution is 2.23. The molecule has 1 aromatic rings. The summed E-state index contributed by atoms with van der Waals surface area (Å²) >= 11 is 7.55. The largest absolute Gasteiger partial charge is 0.339 e. The van der Waals surface area contributed by atoms with Gasteiger partial charge >= 0.3 is 0 Å². The highest BCUT2D eigenvalue weighted by molar-refractivity contribution is 7.16. The van der Waals surface area contributed by atoms with Crippen molar-refractivity contribution >= 4 is 28.8 Å². The molecule has 6 heteroatoms. The van der Waals surface area contributed by atoms with E-state index in [1.54, 1.807) is 11.3 Å². The van der Waals surface area contributed by atoms with Crippen LogP contribution in [0.25, 0.3) is 0 Å². The molecule has 106 valence electrons. The van der Waals surface area contributed by atoms with Crippen molar-refractivity contribution in [3.63, 3.8) is 0 Å². The topological polar surface area (TPSA) is 49.6 Å². The number of rotatable bonds is 4. The number of carbonyl (C=O) groups is 1. The van der Waals surface area contributed by atoms with Crippen molar-refractivity contribution in [1.29, 1.82) is 0 Å². The van der Waals surface area contributed by atoms with Gasteiger partial charge in [-0.2, -0.15) is 0 Å². The molecule has 0 aromatic carbocycles. The molecule has 2 heterocycles. The third kappa shape index (κ3) is 3.92. The first kappa shape index (κ1) is 14.8. The van der Waals surface area contributed by atoms with Gasteiger partial charge in [-0.1, -0.05) is 18.5 Å². The van der Waals surface area contributed by atoms with Crippen molar-refractivity contribution in [2.75, 3.05) is 26.2 Å². The Bertz CT molecular complexity index is 429. The summed E-state index contributed by atoms with van der Waals surface area (Å²) in [6.45, 7) is 6.20. The van der Waals surface area contributed by atoms with Crippen LogP contribution in [0, 0.1) is 0 Å². The number of thiophene rings is 1. The van der Waals surface area contributed by atoms with Crippen LogP contribution >= 0.6 is 22.9 Å². The first-order valence-corrected chi connectivity index (χ1v) is 7.80. The van der Waals surface area contributed by atoms with Gasteiger partial charge in [-0.25, -0.2) is 0 Å². The Kier molecular flexibility index (Phi) is 5.21. The second kappa shape index (κ2) is 6.70. The van der Waals surface area contributed by atoms with Gasteiger partial charge in [0.25, 0.3) is 0 Å². The first-order chi connectivity index (χ1) is 9.10. The molecular weight excluding hydrogens is 282 g/mol. The van der Waals surface area contributed by atoms with Crippen LogP contribution in [0.2, 0.25) is 4.34 Å². The lowest BCUT2D eigenvalue weighted by atomic mass is 10.2. The van der Waals surface area contributed by atoms with E-state index >= 15 is 0 Å². The van der Waals surface area contributed by atoms with E-state index in [1.165, 1.54) is 4.88 Å². The maximum Gasteiger partial charge on any atom is 0.239 e. The molecule has 1 saturated heterocycles. The van der Waals surface area contributed by atoms with Crippen molar-refractivity contribution in [3.05, 3.63) is 21.3 Å². The van der Waals surface area contributed by atoms with E-state index in [0.717, 1.165) is 37.1 Å². The molecule has 0 unspecified atom stereocenters. The molecule has 19 heavy (non-hydrogen) atoms. The quantitative estimate of drug-likeness (QED) is 0.922. The molecule has 0 aliphatic carbocycles. The summed E-state index contributed by atoms with van der Waals surface area (Å²) in [6, 6.07) is 3.65. The van der Waals surface area contributed by atoms with Gasteiger partial charge in [0.2, 0.25) is 5.91 Å². The smallest absolute Gasteiger partial charge is 0.239 e. The third-order valence-electron chi connectivity index (χ3n) is 3.45. The fourth-order valence-electron chi connectivity index (χ4n) is 2.19. The van der Waals surface area contributed by atoms with Crippen LogP contribution < -0.4 is 5.73 Å². The molecule has 1 atom stereocenters. The lowest BCUT2D eigenvalue weighted by molar-refractivity contribution is -0.134. The minimum Gasteiger partial charge on any atom is -0.339 e. The standard InChI is InChI=1S/C13H20ClN3OS/c1-2-11(15)13(18)17-7-5-16(6-8-17)9-10-3-4-12(14)19-10/h3-4,11H,2,5-9,15H2,1H3/t11-/m1/s1. The average Bonchev–Trinajstić information content (AvgIpc) is 2.83. The summed E-state index contributed by atoms with van der Waals surface area (Å²) in [5, 5.41) is 0. The summed E-state index contributed by atoms with van der Waals surface area (Å²) in [7, 11) is 0. The average molecular weight is 302 g/mol. The summed E-state index contributed by atoms with van der Waals surface area (Å²) in [4.78, 5) is 17.5. The molecule has 0 saturated carbocycles. The number of piperazine rings is 1. The second-order valence-electron chi connectivity index (χ2n) is 4.82. The van der Waals surface area contributed by atoms with Gasteiger partial charge in [-0.3, -0.25) is 9.69 Å². The number of halogens is 1. The zero-order chi connectivity index (χ0) is 13.8. The highest BCUT2D eigenvalue weighted by atomic mass is 35.5. The van der Waals surface area contributed by atoms with E-state index in [-0.39, 0.29) is 11.9 Å². The summed E-state index contributed by atoms with van der Waals surface area (Å²) in [6.07, 6.45) is 0.701. The minimum absolute atomic E-state index is 0.0846. The number of nitrogens with two attached hydrogens (primary N) is 1. The maximum atomic E-state index is 12.0. The number of hydrogen-bond donors (Lipinski definition) is 1. The molecule has 0 bridgehead atoms. The number of carbonyl (C=O) groups excluding carboxylic acids is 1. The van der Waals surface area contributed by atoms with Gasteiger partial charge < -0.3 is 10.6 Å². The van der Waals surface area contributed by atoms with E-state index in [2.05, 4.69) is 11.0 Å². The Hall–Kier alpha value is -0.620. The molecule has 1 aliphatic heterocycles. The van der Waals surface area contributed by atoms with Crippen molar-refractivity contribution in [2.45, 2.75) is 25.9 Å². The third-order valence-corrected chi connectivity index (χ3v) is 4.67. The molecular formula is C13H20ClN3OS. The number of hydrogen-bond acceptors (Lipinski definition) is 4. The van der Waals surface area contributed by atoms with Crippen LogP contribution in [0.15, 0.2) is 12.1 Å². The van der Waals surface area contributed by atoms with E-state index < -0.39 is 0 Å². The van der Waals surface area contributed by atoms with E-state index in [1.807, 2.05) is 17.9 Å². The van der Waals surface area contributed by atoms with Gasteiger partial charge in [0.05, 0.1) is 10.4 Å².